The minimum atomic E-state index is -0.295. The molecule has 4 amide bonds. The van der Waals surface area contributed by atoms with Crippen LogP contribution in [0.2, 0.25) is 0 Å². The Bertz CT molecular complexity index is 636. The molecule has 0 heterocycles. The molecule has 0 aliphatic heterocycles. The normalized spacial score (nSPS) is 13.5. The van der Waals surface area contributed by atoms with E-state index in [1.165, 1.54) is 0 Å². The van der Waals surface area contributed by atoms with E-state index in [1.807, 2.05) is 0 Å². The Balaban J connectivity index is 1.34. The van der Waals surface area contributed by atoms with Crippen LogP contribution in [0.5, 0.6) is 0 Å². The molecule has 0 atom stereocenters. The molecule has 4 N–H and O–H groups in total. The van der Waals surface area contributed by atoms with Crippen LogP contribution in [-0.2, 0) is 9.47 Å². The zero-order valence-corrected chi connectivity index (χ0v) is 14.3. The summed E-state index contributed by atoms with van der Waals surface area (Å²) in [7, 11) is 0. The zero-order chi connectivity index (χ0) is 18.5. The highest BCUT2D eigenvalue weighted by molar-refractivity contribution is 5.77. The summed E-state index contributed by atoms with van der Waals surface area (Å²) in [6.07, 6.45) is 10.5. The molecule has 0 unspecified atom stereocenters. The van der Waals surface area contributed by atoms with Crippen LogP contribution in [0.1, 0.15) is 0 Å². The third-order valence-corrected chi connectivity index (χ3v) is 3.13. The lowest BCUT2D eigenvalue weighted by Gasteiger charge is -2.09. The predicted molar refractivity (Wildman–Crippen MR) is 96.2 cm³/mol. The van der Waals surface area contributed by atoms with Gasteiger partial charge in [-0.3, -0.25) is 0 Å². The van der Waals surface area contributed by atoms with Crippen molar-refractivity contribution in [1.29, 1.82) is 0 Å². The molecule has 0 saturated heterocycles. The van der Waals surface area contributed by atoms with Gasteiger partial charge in [0.25, 0.3) is 0 Å². The topological polar surface area (TPSA) is 101 Å². The maximum Gasteiger partial charge on any atom is 0.319 e. The quantitative estimate of drug-likeness (QED) is 0.325. The first kappa shape index (κ1) is 19.3. The molecule has 0 fully saturated rings. The molecular weight excluding hydrogens is 336 g/mol. The van der Waals surface area contributed by atoms with E-state index in [4.69, 9.17) is 9.47 Å². The Morgan fingerprint density at radius 1 is 0.769 bits per heavy atom. The largest absolute Gasteiger partial charge is 0.377 e. The molecule has 2 aliphatic rings. The van der Waals surface area contributed by atoms with E-state index in [9.17, 15) is 9.59 Å². The van der Waals surface area contributed by atoms with Crippen molar-refractivity contribution in [2.75, 3.05) is 39.5 Å². The van der Waals surface area contributed by atoms with Crippen molar-refractivity contribution in [3.63, 3.8) is 0 Å². The first-order valence-electron chi connectivity index (χ1n) is 8.26. The van der Waals surface area contributed by atoms with E-state index < -0.39 is 0 Å². The van der Waals surface area contributed by atoms with Crippen molar-refractivity contribution in [2.45, 2.75) is 0 Å². The lowest BCUT2D eigenvalue weighted by atomic mass is 10.5. The summed E-state index contributed by atoms with van der Waals surface area (Å²) < 4.78 is 10.7. The van der Waals surface area contributed by atoms with Gasteiger partial charge in [0, 0.05) is 13.1 Å². The molecule has 0 aromatic carbocycles. The van der Waals surface area contributed by atoms with Crippen molar-refractivity contribution >= 4 is 12.1 Å². The monoisotopic (exact) mass is 358 g/mol. The van der Waals surface area contributed by atoms with Gasteiger partial charge in [0.05, 0.1) is 37.8 Å². The van der Waals surface area contributed by atoms with Gasteiger partial charge in [-0.25, -0.2) is 9.59 Å². The second kappa shape index (κ2) is 11.5. The second-order valence-corrected chi connectivity index (χ2v) is 5.15. The lowest BCUT2D eigenvalue weighted by molar-refractivity contribution is 0.0510. The lowest BCUT2D eigenvalue weighted by Crippen LogP contribution is -2.36. The molecule has 0 saturated carbocycles. The third kappa shape index (κ3) is 8.19. The van der Waals surface area contributed by atoms with Crippen molar-refractivity contribution in [3.8, 4) is 0 Å². The second-order valence-electron chi connectivity index (χ2n) is 5.15. The van der Waals surface area contributed by atoms with Gasteiger partial charge in [0.1, 0.15) is 0 Å². The average molecular weight is 358 g/mol. The van der Waals surface area contributed by atoms with Crippen LogP contribution in [0.25, 0.3) is 0 Å². The first-order chi connectivity index (χ1) is 12.7. The summed E-state index contributed by atoms with van der Waals surface area (Å²) in [4.78, 5) is 23.0. The Morgan fingerprint density at radius 2 is 1.23 bits per heavy atom. The van der Waals surface area contributed by atoms with E-state index in [1.54, 1.807) is 36.5 Å². The van der Waals surface area contributed by atoms with Gasteiger partial charge in [-0.05, 0) is 24.3 Å². The van der Waals surface area contributed by atoms with Gasteiger partial charge < -0.3 is 30.7 Å². The van der Waals surface area contributed by atoms with Gasteiger partial charge in [-0.1, -0.05) is 23.6 Å². The van der Waals surface area contributed by atoms with Crippen LogP contribution in [0.15, 0.2) is 59.3 Å². The number of carbonyl (C=O) groups is 2. The van der Waals surface area contributed by atoms with Crippen LogP contribution in [-0.4, -0.2) is 51.6 Å². The van der Waals surface area contributed by atoms with Crippen LogP contribution in [0.4, 0.5) is 9.59 Å². The Kier molecular flexibility index (Phi) is 8.55. The molecule has 0 radical (unpaired) electrons. The van der Waals surface area contributed by atoms with Gasteiger partial charge in [0.2, 0.25) is 0 Å². The molecular formula is C18H22N4O4. The Morgan fingerprint density at radius 3 is 1.62 bits per heavy atom. The average Bonchev–Trinajstić information content (AvgIpc) is 3.30. The number of nitrogens with one attached hydrogen (secondary N) is 4. The molecule has 0 aromatic heterocycles. The zero-order valence-electron chi connectivity index (χ0n) is 14.3. The molecule has 8 nitrogen and oxygen atoms in total. The number of carbonyl (C=O) groups excluding carboxylic acids is 2. The van der Waals surface area contributed by atoms with E-state index in [2.05, 4.69) is 32.7 Å². The number of urea groups is 2. The smallest absolute Gasteiger partial charge is 0.319 e. The molecule has 8 heteroatoms. The van der Waals surface area contributed by atoms with Gasteiger partial charge >= 0.3 is 12.1 Å². The fraction of sp³-hybridized carbons (Fsp3) is 0.333. The number of amides is 4. The summed E-state index contributed by atoms with van der Waals surface area (Å²) in [6.45, 7) is 2.39. The maximum atomic E-state index is 11.5. The van der Waals surface area contributed by atoms with Gasteiger partial charge in [-0.15, -0.1) is 0 Å². The fourth-order valence-corrected chi connectivity index (χ4v) is 1.94. The molecule has 2 aliphatic carbocycles. The Hall–Kier alpha value is -3.02. The van der Waals surface area contributed by atoms with Crippen LogP contribution >= 0.6 is 0 Å². The van der Waals surface area contributed by atoms with Crippen LogP contribution in [0, 0.1) is 0 Å². The fourth-order valence-electron chi connectivity index (χ4n) is 1.94. The van der Waals surface area contributed by atoms with Gasteiger partial charge in [0.15, 0.2) is 0 Å². The number of allylic oxidation sites excluding steroid dienone is 4. The summed E-state index contributed by atoms with van der Waals surface area (Å²) in [5.41, 5.74) is 7.00. The Labute approximate surface area is 152 Å². The molecule has 138 valence electrons. The number of rotatable bonds is 11. The van der Waals surface area contributed by atoms with Crippen molar-refractivity contribution in [3.05, 3.63) is 59.3 Å². The summed E-state index contributed by atoms with van der Waals surface area (Å²) in [5.74, 6) is 0. The number of ether oxygens (including phenoxy) is 2. The summed E-state index contributed by atoms with van der Waals surface area (Å²) in [5, 5.41) is 10.6. The van der Waals surface area contributed by atoms with Crippen LogP contribution < -0.4 is 21.3 Å². The predicted octanol–water partition coefficient (Wildman–Crippen LogP) is 0.836. The van der Waals surface area contributed by atoms with Gasteiger partial charge in [-0.2, -0.15) is 0 Å². The van der Waals surface area contributed by atoms with Crippen molar-refractivity contribution in [2.24, 2.45) is 0 Å². The molecule has 0 bridgehead atoms. The van der Waals surface area contributed by atoms with E-state index in [0.717, 1.165) is 0 Å². The van der Waals surface area contributed by atoms with E-state index in [-0.39, 0.29) is 12.1 Å². The minimum absolute atomic E-state index is 0.295. The van der Waals surface area contributed by atoms with E-state index in [0.29, 0.717) is 50.9 Å². The summed E-state index contributed by atoms with van der Waals surface area (Å²) >= 11 is 0. The van der Waals surface area contributed by atoms with Crippen LogP contribution in [0.3, 0.4) is 0 Å². The molecule has 26 heavy (non-hydrogen) atoms. The highest BCUT2D eigenvalue weighted by Crippen LogP contribution is 1.96. The maximum absolute atomic E-state index is 11.5. The SMILES string of the molecule is O=C(NCCOCCOCCNC(=O)NC1=C=CC=C1)NC1=C=CC=C1. The van der Waals surface area contributed by atoms with Crippen molar-refractivity contribution < 1.29 is 19.1 Å². The number of hydrogen-bond donors (Lipinski definition) is 4. The highest BCUT2D eigenvalue weighted by Gasteiger charge is 2.03. The molecule has 0 spiro atoms. The first-order valence-corrected chi connectivity index (χ1v) is 8.26. The van der Waals surface area contributed by atoms with E-state index >= 15 is 0 Å². The standard InChI is InChI=1S/C18H22N4O4/c23-17(21-15-5-1-2-6-15)19-9-11-25-13-14-26-12-10-20-18(24)22-16-7-3-4-8-16/h1-5,7H,9-14H2,(H2,19,21,23)(H2,20,22,24). The highest BCUT2D eigenvalue weighted by atomic mass is 16.5. The summed E-state index contributed by atoms with van der Waals surface area (Å²) in [6, 6.07) is -0.591. The van der Waals surface area contributed by atoms with Crippen molar-refractivity contribution in [1.82, 2.24) is 21.3 Å². The molecule has 2 rings (SSSR count). The third-order valence-electron chi connectivity index (χ3n) is 3.13. The molecule has 0 aromatic rings. The minimum Gasteiger partial charge on any atom is -0.377 e. The number of hydrogen-bond acceptors (Lipinski definition) is 4.